The fourth-order valence-corrected chi connectivity index (χ4v) is 3.90. The Kier molecular flexibility index (Phi) is 4.12. The zero-order valence-electron chi connectivity index (χ0n) is 14.6. The Bertz CT molecular complexity index is 815. The summed E-state index contributed by atoms with van der Waals surface area (Å²) in [6.07, 6.45) is 9.54. The molecule has 2 aromatic rings. The molecule has 0 saturated heterocycles. The zero-order chi connectivity index (χ0) is 17.3. The SMILES string of the molecule is CC1(C(=O)N2CCc3ncnc(-c4ccccc4)c3C2)CC=CCC1. The number of carbonyl (C=O) groups is 1. The highest BCUT2D eigenvalue weighted by Gasteiger charge is 2.38. The number of allylic oxidation sites excluding steroid dienone is 2. The minimum Gasteiger partial charge on any atom is -0.337 e. The van der Waals surface area contributed by atoms with E-state index in [-0.39, 0.29) is 11.3 Å². The van der Waals surface area contributed by atoms with Crippen molar-refractivity contribution < 1.29 is 4.79 Å². The average molecular weight is 333 g/mol. The summed E-state index contributed by atoms with van der Waals surface area (Å²) in [5.74, 6) is 0.269. The molecule has 0 N–H and O–H groups in total. The van der Waals surface area contributed by atoms with Crippen LogP contribution in [0.1, 0.15) is 37.4 Å². The molecule has 1 amide bonds. The average Bonchev–Trinajstić information content (AvgIpc) is 2.68. The summed E-state index contributed by atoms with van der Waals surface area (Å²) in [6.45, 7) is 3.46. The summed E-state index contributed by atoms with van der Waals surface area (Å²) < 4.78 is 0. The fourth-order valence-electron chi connectivity index (χ4n) is 3.90. The van der Waals surface area contributed by atoms with Crippen LogP contribution in [0.2, 0.25) is 0 Å². The van der Waals surface area contributed by atoms with Gasteiger partial charge >= 0.3 is 0 Å². The summed E-state index contributed by atoms with van der Waals surface area (Å²) in [6, 6.07) is 10.2. The van der Waals surface area contributed by atoms with Crippen LogP contribution in [0.5, 0.6) is 0 Å². The van der Waals surface area contributed by atoms with Gasteiger partial charge in [0.05, 0.1) is 16.8 Å². The molecular weight excluding hydrogens is 310 g/mol. The fraction of sp³-hybridized carbons (Fsp3) is 0.381. The molecule has 1 aromatic carbocycles. The van der Waals surface area contributed by atoms with Crippen molar-refractivity contribution in [1.82, 2.24) is 14.9 Å². The molecule has 0 saturated carbocycles. The number of hydrogen-bond donors (Lipinski definition) is 0. The van der Waals surface area contributed by atoms with Crippen molar-refractivity contribution in [2.24, 2.45) is 5.41 Å². The lowest BCUT2D eigenvalue weighted by Gasteiger charge is -2.37. The Labute approximate surface area is 148 Å². The van der Waals surface area contributed by atoms with Gasteiger partial charge in [-0.05, 0) is 19.3 Å². The maximum absolute atomic E-state index is 13.2. The molecule has 4 rings (SSSR count). The molecule has 1 aliphatic carbocycles. The van der Waals surface area contributed by atoms with E-state index in [9.17, 15) is 4.79 Å². The van der Waals surface area contributed by atoms with Gasteiger partial charge in [0, 0.05) is 30.6 Å². The van der Waals surface area contributed by atoms with Gasteiger partial charge in [-0.15, -0.1) is 0 Å². The zero-order valence-corrected chi connectivity index (χ0v) is 14.6. The summed E-state index contributed by atoms with van der Waals surface area (Å²) >= 11 is 0. The lowest BCUT2D eigenvalue weighted by Crippen LogP contribution is -2.45. The van der Waals surface area contributed by atoms with Gasteiger partial charge in [0.1, 0.15) is 6.33 Å². The molecule has 1 unspecified atom stereocenters. The van der Waals surface area contributed by atoms with Gasteiger partial charge < -0.3 is 4.90 Å². The minimum atomic E-state index is -0.269. The van der Waals surface area contributed by atoms with Crippen molar-refractivity contribution in [3.63, 3.8) is 0 Å². The highest BCUT2D eigenvalue weighted by Crippen LogP contribution is 2.36. The van der Waals surface area contributed by atoms with Gasteiger partial charge in [0.2, 0.25) is 5.91 Å². The highest BCUT2D eigenvalue weighted by molar-refractivity contribution is 5.83. The van der Waals surface area contributed by atoms with Crippen molar-refractivity contribution >= 4 is 5.91 Å². The Morgan fingerprint density at radius 2 is 2.00 bits per heavy atom. The lowest BCUT2D eigenvalue weighted by atomic mass is 9.77. The highest BCUT2D eigenvalue weighted by atomic mass is 16.2. The van der Waals surface area contributed by atoms with Crippen LogP contribution in [0.25, 0.3) is 11.3 Å². The molecule has 0 fully saturated rings. The Balaban J connectivity index is 1.65. The van der Waals surface area contributed by atoms with E-state index in [0.29, 0.717) is 6.54 Å². The third-order valence-electron chi connectivity index (χ3n) is 5.45. The van der Waals surface area contributed by atoms with E-state index < -0.39 is 0 Å². The van der Waals surface area contributed by atoms with Crippen molar-refractivity contribution in [2.45, 2.75) is 39.2 Å². The number of benzene rings is 1. The van der Waals surface area contributed by atoms with Crippen LogP contribution in [-0.2, 0) is 17.8 Å². The number of carbonyl (C=O) groups excluding carboxylic acids is 1. The van der Waals surface area contributed by atoms with Crippen molar-refractivity contribution in [1.29, 1.82) is 0 Å². The monoisotopic (exact) mass is 333 g/mol. The first kappa shape index (κ1) is 16.0. The largest absolute Gasteiger partial charge is 0.337 e. The number of fused-ring (bicyclic) bond motifs is 1. The van der Waals surface area contributed by atoms with E-state index >= 15 is 0 Å². The minimum absolute atomic E-state index is 0.269. The molecule has 2 heterocycles. The van der Waals surface area contributed by atoms with Crippen LogP contribution in [-0.4, -0.2) is 27.3 Å². The third-order valence-corrected chi connectivity index (χ3v) is 5.45. The van der Waals surface area contributed by atoms with Crippen molar-refractivity contribution in [2.75, 3.05) is 6.54 Å². The van der Waals surface area contributed by atoms with Crippen molar-refractivity contribution in [3.05, 3.63) is 60.1 Å². The lowest BCUT2D eigenvalue weighted by molar-refractivity contribution is -0.142. The van der Waals surface area contributed by atoms with Gasteiger partial charge in [-0.25, -0.2) is 9.97 Å². The van der Waals surface area contributed by atoms with E-state index in [0.717, 1.165) is 54.7 Å². The Hall–Kier alpha value is -2.49. The Morgan fingerprint density at radius 3 is 2.76 bits per heavy atom. The van der Waals surface area contributed by atoms with E-state index in [1.54, 1.807) is 6.33 Å². The van der Waals surface area contributed by atoms with Gasteiger partial charge in [-0.3, -0.25) is 4.79 Å². The van der Waals surface area contributed by atoms with Crippen LogP contribution in [0.15, 0.2) is 48.8 Å². The van der Waals surface area contributed by atoms with Gasteiger partial charge in [-0.2, -0.15) is 0 Å². The molecule has 0 spiro atoms. The molecule has 0 radical (unpaired) electrons. The molecular formula is C21H23N3O. The summed E-state index contributed by atoms with van der Waals surface area (Å²) in [5.41, 5.74) is 3.95. The smallest absolute Gasteiger partial charge is 0.229 e. The number of amides is 1. The first-order valence-corrected chi connectivity index (χ1v) is 9.00. The molecule has 2 aliphatic rings. The van der Waals surface area contributed by atoms with E-state index in [1.807, 2.05) is 23.1 Å². The van der Waals surface area contributed by atoms with Crippen LogP contribution in [0.4, 0.5) is 0 Å². The molecule has 128 valence electrons. The van der Waals surface area contributed by atoms with Crippen LogP contribution < -0.4 is 0 Å². The third kappa shape index (κ3) is 2.97. The number of nitrogens with zero attached hydrogens (tertiary/aromatic N) is 3. The summed E-state index contributed by atoms with van der Waals surface area (Å²) in [7, 11) is 0. The quantitative estimate of drug-likeness (QED) is 0.786. The van der Waals surface area contributed by atoms with E-state index in [1.165, 1.54) is 0 Å². The second kappa shape index (κ2) is 6.43. The second-order valence-electron chi connectivity index (χ2n) is 7.27. The predicted molar refractivity (Wildman–Crippen MR) is 97.7 cm³/mol. The molecule has 4 nitrogen and oxygen atoms in total. The number of aromatic nitrogens is 2. The van der Waals surface area contributed by atoms with Gasteiger partial charge in [0.25, 0.3) is 0 Å². The van der Waals surface area contributed by atoms with Crippen LogP contribution in [0.3, 0.4) is 0 Å². The first-order valence-electron chi connectivity index (χ1n) is 9.00. The number of rotatable bonds is 2. The van der Waals surface area contributed by atoms with Gasteiger partial charge in [0.15, 0.2) is 0 Å². The molecule has 1 aliphatic heterocycles. The maximum atomic E-state index is 13.2. The number of hydrogen-bond acceptors (Lipinski definition) is 3. The van der Waals surface area contributed by atoms with E-state index in [2.05, 4.69) is 41.2 Å². The Morgan fingerprint density at radius 1 is 1.16 bits per heavy atom. The van der Waals surface area contributed by atoms with Crippen LogP contribution >= 0.6 is 0 Å². The predicted octanol–water partition coefficient (Wildman–Crippen LogP) is 3.77. The second-order valence-corrected chi connectivity index (χ2v) is 7.27. The summed E-state index contributed by atoms with van der Waals surface area (Å²) in [5, 5.41) is 0. The molecule has 1 aromatic heterocycles. The maximum Gasteiger partial charge on any atom is 0.229 e. The van der Waals surface area contributed by atoms with E-state index in [4.69, 9.17) is 0 Å². The van der Waals surface area contributed by atoms with Gasteiger partial charge in [-0.1, -0.05) is 49.4 Å². The normalized spacial score (nSPS) is 22.5. The molecule has 25 heavy (non-hydrogen) atoms. The summed E-state index contributed by atoms with van der Waals surface area (Å²) in [4.78, 5) is 24.2. The molecule has 1 atom stereocenters. The molecule has 0 bridgehead atoms. The van der Waals surface area contributed by atoms with Crippen LogP contribution in [0, 0.1) is 5.41 Å². The topological polar surface area (TPSA) is 46.1 Å². The standard InChI is InChI=1S/C21H23N3O/c1-21(11-6-3-7-12-21)20(25)24-13-10-18-17(14-24)19(23-15-22-18)16-8-4-2-5-9-16/h2-6,8-9,15H,7,10-14H2,1H3. The van der Waals surface area contributed by atoms with Crippen molar-refractivity contribution in [3.8, 4) is 11.3 Å². The first-order chi connectivity index (χ1) is 12.2. The molecule has 4 heteroatoms.